The van der Waals surface area contributed by atoms with Gasteiger partial charge in [-0.25, -0.2) is 9.18 Å². The van der Waals surface area contributed by atoms with Gasteiger partial charge in [0.15, 0.2) is 0 Å². The number of ether oxygens (including phenoxy) is 1. The molecule has 0 saturated carbocycles. The number of hydrogen-bond donors (Lipinski definition) is 2. The minimum atomic E-state index is -0.366. The number of amides is 3. The molecule has 1 aliphatic rings. The molecule has 1 aromatic heterocycles. The molecule has 4 rings (SSSR count). The van der Waals surface area contributed by atoms with Crippen LogP contribution >= 0.6 is 0 Å². The molecule has 3 amide bonds. The Morgan fingerprint density at radius 2 is 1.90 bits per heavy atom. The van der Waals surface area contributed by atoms with Crippen molar-refractivity contribution in [2.45, 2.75) is 19.6 Å². The fourth-order valence-electron chi connectivity index (χ4n) is 3.32. The number of carbonyl (C=O) groups excluding carboxylic acids is 2. The average molecular weight is 423 g/mol. The van der Waals surface area contributed by atoms with Crippen LogP contribution in [0.3, 0.4) is 0 Å². The highest BCUT2D eigenvalue weighted by atomic mass is 19.1. The number of nitrogens with one attached hydrogen (secondary N) is 2. The number of halogens is 1. The summed E-state index contributed by atoms with van der Waals surface area (Å²) >= 11 is 0. The van der Waals surface area contributed by atoms with Gasteiger partial charge in [0.05, 0.1) is 25.9 Å². The first-order chi connectivity index (χ1) is 15.1. The van der Waals surface area contributed by atoms with Crippen molar-refractivity contribution in [2.24, 2.45) is 0 Å². The molecule has 0 saturated heterocycles. The third kappa shape index (κ3) is 5.03. The lowest BCUT2D eigenvalue weighted by Gasteiger charge is -2.20. The van der Waals surface area contributed by atoms with E-state index >= 15 is 0 Å². The molecular weight excluding hydrogens is 401 g/mol. The summed E-state index contributed by atoms with van der Waals surface area (Å²) in [5.74, 6) is 0.596. The van der Waals surface area contributed by atoms with Crippen molar-refractivity contribution in [3.8, 4) is 5.75 Å². The molecule has 0 bridgehead atoms. The number of urea groups is 1. The third-order valence-corrected chi connectivity index (χ3v) is 4.98. The van der Waals surface area contributed by atoms with Gasteiger partial charge in [0, 0.05) is 23.2 Å². The van der Waals surface area contributed by atoms with E-state index in [0.29, 0.717) is 42.3 Å². The molecule has 0 unspecified atom stereocenters. The van der Waals surface area contributed by atoms with Gasteiger partial charge in [-0.2, -0.15) is 0 Å². The van der Waals surface area contributed by atoms with Gasteiger partial charge in [0.2, 0.25) is 0 Å². The van der Waals surface area contributed by atoms with E-state index in [-0.39, 0.29) is 30.8 Å². The molecule has 0 aliphatic carbocycles. The van der Waals surface area contributed by atoms with Gasteiger partial charge in [0.25, 0.3) is 5.91 Å². The smallest absolute Gasteiger partial charge is 0.318 e. The van der Waals surface area contributed by atoms with Crippen LogP contribution in [0.2, 0.25) is 0 Å². The lowest BCUT2D eigenvalue weighted by Crippen LogP contribution is -2.40. The number of furan rings is 1. The van der Waals surface area contributed by atoms with Gasteiger partial charge in [-0.1, -0.05) is 18.2 Å². The summed E-state index contributed by atoms with van der Waals surface area (Å²) in [7, 11) is 0. The van der Waals surface area contributed by atoms with Crippen molar-refractivity contribution >= 4 is 11.9 Å². The van der Waals surface area contributed by atoms with Gasteiger partial charge in [-0.15, -0.1) is 0 Å². The summed E-state index contributed by atoms with van der Waals surface area (Å²) in [5.41, 5.74) is 1.55. The zero-order chi connectivity index (χ0) is 21.6. The second kappa shape index (κ2) is 9.34. The Balaban J connectivity index is 1.41. The first kappa shape index (κ1) is 20.5. The van der Waals surface area contributed by atoms with Gasteiger partial charge in [-0.05, 0) is 36.4 Å². The molecule has 8 heteroatoms. The minimum Gasteiger partial charge on any atom is -0.491 e. The van der Waals surface area contributed by atoms with Crippen LogP contribution in [0.25, 0.3) is 0 Å². The largest absolute Gasteiger partial charge is 0.491 e. The zero-order valence-corrected chi connectivity index (χ0v) is 16.8. The molecule has 0 fully saturated rings. The predicted molar refractivity (Wildman–Crippen MR) is 111 cm³/mol. The Kier molecular flexibility index (Phi) is 6.16. The van der Waals surface area contributed by atoms with Crippen LogP contribution < -0.4 is 15.4 Å². The van der Waals surface area contributed by atoms with Gasteiger partial charge in [-0.3, -0.25) is 4.79 Å². The molecule has 0 radical (unpaired) electrons. The molecule has 7 nitrogen and oxygen atoms in total. The maximum absolute atomic E-state index is 13.8. The highest BCUT2D eigenvalue weighted by Gasteiger charge is 2.21. The molecule has 2 aromatic carbocycles. The minimum absolute atomic E-state index is 0.0837. The second-order valence-corrected chi connectivity index (χ2v) is 7.10. The summed E-state index contributed by atoms with van der Waals surface area (Å²) in [6.45, 7) is 1.43. The van der Waals surface area contributed by atoms with Crippen LogP contribution in [0.4, 0.5) is 9.18 Å². The number of carbonyl (C=O) groups is 2. The second-order valence-electron chi connectivity index (χ2n) is 7.10. The van der Waals surface area contributed by atoms with Crippen LogP contribution in [0.1, 0.15) is 27.2 Å². The van der Waals surface area contributed by atoms with Crippen molar-refractivity contribution in [1.29, 1.82) is 0 Å². The number of rotatable bonds is 5. The van der Waals surface area contributed by atoms with E-state index in [9.17, 15) is 14.0 Å². The number of benzene rings is 2. The fourth-order valence-corrected chi connectivity index (χ4v) is 3.32. The molecule has 31 heavy (non-hydrogen) atoms. The summed E-state index contributed by atoms with van der Waals surface area (Å²) in [6, 6.07) is 14.7. The molecule has 2 N–H and O–H groups in total. The molecule has 160 valence electrons. The average Bonchev–Trinajstić information content (AvgIpc) is 3.21. The molecule has 1 aliphatic heterocycles. The maximum Gasteiger partial charge on any atom is 0.318 e. The fraction of sp³-hybridized carbons (Fsp3) is 0.217. The van der Waals surface area contributed by atoms with Gasteiger partial charge >= 0.3 is 6.03 Å². The normalized spacial score (nSPS) is 13.0. The SMILES string of the molecule is O=C(NCc1ccccc1F)c1ccc2c(c1)CN(C(=O)NCc1ccco1)CCO2. The van der Waals surface area contributed by atoms with E-state index in [0.717, 1.165) is 5.56 Å². The van der Waals surface area contributed by atoms with E-state index in [1.807, 2.05) is 0 Å². The molecule has 2 heterocycles. The summed E-state index contributed by atoms with van der Waals surface area (Å²) in [5, 5.41) is 5.54. The number of hydrogen-bond acceptors (Lipinski definition) is 4. The van der Waals surface area contributed by atoms with Crippen molar-refractivity contribution in [3.05, 3.63) is 89.1 Å². The Morgan fingerprint density at radius 3 is 2.71 bits per heavy atom. The highest BCUT2D eigenvalue weighted by Crippen LogP contribution is 2.24. The Hall–Kier alpha value is -3.81. The van der Waals surface area contributed by atoms with Crippen LogP contribution in [0.5, 0.6) is 5.75 Å². The van der Waals surface area contributed by atoms with Crippen LogP contribution in [-0.4, -0.2) is 30.0 Å². The molecule has 0 atom stereocenters. The van der Waals surface area contributed by atoms with E-state index in [1.54, 1.807) is 59.7 Å². The monoisotopic (exact) mass is 423 g/mol. The third-order valence-electron chi connectivity index (χ3n) is 4.98. The van der Waals surface area contributed by atoms with Gasteiger partial charge < -0.3 is 24.7 Å². The van der Waals surface area contributed by atoms with Crippen molar-refractivity contribution < 1.29 is 23.1 Å². The van der Waals surface area contributed by atoms with E-state index in [1.165, 1.54) is 6.07 Å². The van der Waals surface area contributed by atoms with Crippen molar-refractivity contribution in [3.63, 3.8) is 0 Å². The quantitative estimate of drug-likeness (QED) is 0.658. The summed E-state index contributed by atoms with van der Waals surface area (Å²) in [4.78, 5) is 26.8. The van der Waals surface area contributed by atoms with Crippen molar-refractivity contribution in [2.75, 3.05) is 13.2 Å². The Labute approximate surface area is 178 Å². The molecule has 3 aromatic rings. The summed E-state index contributed by atoms with van der Waals surface area (Å²) in [6.07, 6.45) is 1.55. The first-order valence-corrected chi connectivity index (χ1v) is 9.92. The molecular formula is C23H22FN3O4. The van der Waals surface area contributed by atoms with E-state index in [2.05, 4.69) is 10.6 Å². The van der Waals surface area contributed by atoms with Crippen LogP contribution in [0.15, 0.2) is 65.3 Å². The molecule has 0 spiro atoms. The predicted octanol–water partition coefficient (Wildman–Crippen LogP) is 3.45. The topological polar surface area (TPSA) is 83.8 Å². The zero-order valence-electron chi connectivity index (χ0n) is 16.8. The van der Waals surface area contributed by atoms with E-state index in [4.69, 9.17) is 9.15 Å². The van der Waals surface area contributed by atoms with Crippen molar-refractivity contribution in [1.82, 2.24) is 15.5 Å². The summed E-state index contributed by atoms with van der Waals surface area (Å²) < 4.78 is 24.7. The lowest BCUT2D eigenvalue weighted by atomic mass is 10.1. The van der Waals surface area contributed by atoms with Gasteiger partial charge in [0.1, 0.15) is 23.9 Å². The number of fused-ring (bicyclic) bond motifs is 1. The Morgan fingerprint density at radius 1 is 1.03 bits per heavy atom. The standard InChI is InChI=1S/C23H22FN3O4/c24-20-6-2-1-4-17(20)13-25-22(28)16-7-8-21-18(12-16)15-27(9-11-31-21)23(29)26-14-19-5-3-10-30-19/h1-8,10,12H,9,11,13-15H2,(H,25,28)(H,26,29). The maximum atomic E-state index is 13.8. The Bertz CT molecular complexity index is 1070. The number of nitrogens with zero attached hydrogens (tertiary/aromatic N) is 1. The van der Waals surface area contributed by atoms with E-state index < -0.39 is 0 Å². The van der Waals surface area contributed by atoms with Crippen LogP contribution in [0, 0.1) is 5.82 Å². The van der Waals surface area contributed by atoms with Crippen LogP contribution in [-0.2, 0) is 19.6 Å². The first-order valence-electron chi connectivity index (χ1n) is 9.92. The lowest BCUT2D eigenvalue weighted by molar-refractivity contribution is 0.0950. The highest BCUT2D eigenvalue weighted by molar-refractivity contribution is 5.94.